The van der Waals surface area contributed by atoms with E-state index < -0.39 is 0 Å². The number of carbonyl (C=O) groups is 2. The molecule has 2 aliphatic heterocycles. The fourth-order valence-electron chi connectivity index (χ4n) is 5.21. The second-order valence-electron chi connectivity index (χ2n) is 9.48. The summed E-state index contributed by atoms with van der Waals surface area (Å²) in [6, 6.07) is 9.97. The molecule has 1 spiro atoms. The van der Waals surface area contributed by atoms with Gasteiger partial charge in [0.25, 0.3) is 5.91 Å². The highest BCUT2D eigenvalue weighted by atomic mass is 16.4. The molecule has 4 aromatic rings. The predicted octanol–water partition coefficient (Wildman–Crippen LogP) is 1.39. The van der Waals surface area contributed by atoms with Crippen molar-refractivity contribution in [3.8, 4) is 0 Å². The van der Waals surface area contributed by atoms with Crippen molar-refractivity contribution in [1.29, 1.82) is 0 Å². The normalized spacial score (nSPS) is 18.4. The molecule has 1 unspecified atom stereocenters. The Balaban J connectivity index is 1.20. The third-order valence-corrected chi connectivity index (χ3v) is 6.94. The van der Waals surface area contributed by atoms with Crippen LogP contribution in [0, 0.1) is 5.41 Å². The number of hydrogen-bond donors (Lipinski definition) is 0. The van der Waals surface area contributed by atoms with Crippen molar-refractivity contribution in [2.45, 2.75) is 18.9 Å². The van der Waals surface area contributed by atoms with E-state index in [0.717, 1.165) is 17.5 Å². The van der Waals surface area contributed by atoms with Gasteiger partial charge in [0.2, 0.25) is 18.2 Å². The summed E-state index contributed by atoms with van der Waals surface area (Å²) in [5.41, 5.74) is 2.20. The zero-order valence-electron chi connectivity index (χ0n) is 19.5. The number of aromatic nitrogens is 6. The first-order valence-corrected chi connectivity index (χ1v) is 11.7. The van der Waals surface area contributed by atoms with Crippen molar-refractivity contribution in [1.82, 2.24) is 39.7 Å². The van der Waals surface area contributed by atoms with Crippen LogP contribution in [0.1, 0.15) is 39.2 Å². The molecular weight excluding hydrogens is 460 g/mol. The van der Waals surface area contributed by atoms with Crippen LogP contribution < -0.4 is 0 Å². The molecule has 1 atom stereocenters. The Labute approximate surface area is 206 Å². The summed E-state index contributed by atoms with van der Waals surface area (Å²) in [7, 11) is 0. The monoisotopic (exact) mass is 484 g/mol. The van der Waals surface area contributed by atoms with Gasteiger partial charge in [0.05, 0.1) is 30.6 Å². The molecule has 2 saturated heterocycles. The summed E-state index contributed by atoms with van der Waals surface area (Å²) in [6.45, 7) is 2.62. The van der Waals surface area contributed by atoms with E-state index in [1.54, 1.807) is 34.4 Å². The molecule has 0 N–H and O–H groups in total. The van der Waals surface area contributed by atoms with Crippen LogP contribution in [0.5, 0.6) is 0 Å². The van der Waals surface area contributed by atoms with Crippen LogP contribution in [-0.2, 0) is 17.8 Å². The molecule has 6 rings (SSSR count). The topological polar surface area (TPSA) is 123 Å². The molecule has 182 valence electrons. The maximum atomic E-state index is 13.4. The van der Waals surface area contributed by atoms with E-state index in [2.05, 4.69) is 25.3 Å². The number of carbonyl (C=O) groups excluding carboxylic acids is 2. The molecule has 0 bridgehead atoms. The first-order chi connectivity index (χ1) is 17.6. The van der Waals surface area contributed by atoms with Gasteiger partial charge < -0.3 is 14.2 Å². The molecule has 11 heteroatoms. The lowest BCUT2D eigenvalue weighted by Gasteiger charge is -2.48. The zero-order valence-corrected chi connectivity index (χ0v) is 19.5. The molecular formula is C25H24N8O3. The third-order valence-electron chi connectivity index (χ3n) is 6.94. The van der Waals surface area contributed by atoms with Crippen LogP contribution in [0.3, 0.4) is 0 Å². The number of benzene rings is 1. The van der Waals surface area contributed by atoms with E-state index in [9.17, 15) is 9.59 Å². The van der Waals surface area contributed by atoms with Gasteiger partial charge in [0, 0.05) is 50.2 Å². The largest absolute Gasteiger partial charge is 0.425 e. The highest BCUT2D eigenvalue weighted by molar-refractivity contribution is 5.94. The molecule has 36 heavy (non-hydrogen) atoms. The Morgan fingerprint density at radius 2 is 1.86 bits per heavy atom. The van der Waals surface area contributed by atoms with E-state index in [1.165, 1.54) is 6.33 Å². The molecule has 2 aliphatic rings. The summed E-state index contributed by atoms with van der Waals surface area (Å²) in [6.07, 6.45) is 9.54. The lowest BCUT2D eigenvalue weighted by Crippen LogP contribution is -2.59. The first kappa shape index (κ1) is 22.1. The van der Waals surface area contributed by atoms with Gasteiger partial charge in [-0.05, 0) is 11.1 Å². The van der Waals surface area contributed by atoms with Crippen molar-refractivity contribution in [2.24, 2.45) is 5.41 Å². The average molecular weight is 485 g/mol. The van der Waals surface area contributed by atoms with Crippen LogP contribution in [0.4, 0.5) is 0 Å². The summed E-state index contributed by atoms with van der Waals surface area (Å²) < 4.78 is 7.80. The molecule has 11 nitrogen and oxygen atoms in total. The van der Waals surface area contributed by atoms with Gasteiger partial charge in [0.15, 0.2) is 0 Å². The van der Waals surface area contributed by atoms with Gasteiger partial charge in [-0.2, -0.15) is 5.10 Å². The van der Waals surface area contributed by atoms with Crippen LogP contribution in [0.2, 0.25) is 0 Å². The van der Waals surface area contributed by atoms with Crippen LogP contribution >= 0.6 is 0 Å². The van der Waals surface area contributed by atoms with Gasteiger partial charge in [0.1, 0.15) is 6.33 Å². The Kier molecular flexibility index (Phi) is 5.51. The number of hydrogen-bond acceptors (Lipinski definition) is 8. The van der Waals surface area contributed by atoms with Gasteiger partial charge in [-0.3, -0.25) is 14.3 Å². The third kappa shape index (κ3) is 4.12. The number of nitrogens with zero attached hydrogens (tertiary/aromatic N) is 8. The molecule has 0 radical (unpaired) electrons. The summed E-state index contributed by atoms with van der Waals surface area (Å²) in [4.78, 5) is 36.3. The SMILES string of the molecule is O=CN1CC2(C1)CN(C(=O)c1cnn(Cc3ccccc3)c1)CC2c1nnc(Cc2cncnc2)o1. The van der Waals surface area contributed by atoms with Crippen molar-refractivity contribution in [3.05, 3.63) is 89.9 Å². The van der Waals surface area contributed by atoms with Crippen LogP contribution in [0.25, 0.3) is 0 Å². The summed E-state index contributed by atoms with van der Waals surface area (Å²) in [5, 5.41) is 12.9. The van der Waals surface area contributed by atoms with Gasteiger partial charge in [-0.15, -0.1) is 10.2 Å². The molecule has 2 amide bonds. The molecule has 3 aromatic heterocycles. The van der Waals surface area contributed by atoms with E-state index in [0.29, 0.717) is 56.5 Å². The molecule has 1 aromatic carbocycles. The average Bonchev–Trinajstić information content (AvgIpc) is 3.62. The Morgan fingerprint density at radius 3 is 2.64 bits per heavy atom. The van der Waals surface area contributed by atoms with Crippen molar-refractivity contribution >= 4 is 12.3 Å². The van der Waals surface area contributed by atoms with Crippen molar-refractivity contribution < 1.29 is 14.0 Å². The summed E-state index contributed by atoms with van der Waals surface area (Å²) >= 11 is 0. The minimum atomic E-state index is -0.309. The fourth-order valence-corrected chi connectivity index (χ4v) is 5.21. The Hall–Kier alpha value is -4.41. The van der Waals surface area contributed by atoms with Crippen LogP contribution in [-0.4, -0.2) is 78.2 Å². The second kappa shape index (κ2) is 8.99. The molecule has 5 heterocycles. The van der Waals surface area contributed by atoms with E-state index in [1.807, 2.05) is 35.2 Å². The van der Waals surface area contributed by atoms with Gasteiger partial charge >= 0.3 is 0 Å². The number of amides is 2. The zero-order chi connectivity index (χ0) is 24.5. The number of likely N-dealkylation sites (tertiary alicyclic amines) is 2. The Morgan fingerprint density at radius 1 is 1.06 bits per heavy atom. The van der Waals surface area contributed by atoms with Crippen molar-refractivity contribution in [3.63, 3.8) is 0 Å². The second-order valence-corrected chi connectivity index (χ2v) is 9.48. The summed E-state index contributed by atoms with van der Waals surface area (Å²) in [5.74, 6) is 0.697. The maximum Gasteiger partial charge on any atom is 0.257 e. The lowest BCUT2D eigenvalue weighted by atomic mass is 9.72. The molecule has 0 aliphatic carbocycles. The maximum absolute atomic E-state index is 13.4. The smallest absolute Gasteiger partial charge is 0.257 e. The van der Waals surface area contributed by atoms with E-state index in [4.69, 9.17) is 4.42 Å². The fraction of sp³-hybridized carbons (Fsp3) is 0.320. The highest BCUT2D eigenvalue weighted by Crippen LogP contribution is 2.48. The molecule has 0 saturated carbocycles. The molecule has 2 fully saturated rings. The standard InChI is InChI=1S/C25H24N8O3/c34-17-31-13-25(14-31)15-32(24(35)20-9-28-33(11-20)10-18-4-2-1-3-5-18)12-21(25)23-30-29-22(36-23)6-19-7-26-16-27-8-19/h1-5,7-9,11,16-17,21H,6,10,12-15H2. The Bertz CT molecular complexity index is 1360. The quantitative estimate of drug-likeness (QED) is 0.361. The first-order valence-electron chi connectivity index (χ1n) is 11.7. The highest BCUT2D eigenvalue weighted by Gasteiger charge is 2.57. The van der Waals surface area contributed by atoms with E-state index in [-0.39, 0.29) is 17.2 Å². The minimum absolute atomic E-state index is 0.0955. The van der Waals surface area contributed by atoms with Gasteiger partial charge in [-0.1, -0.05) is 30.3 Å². The predicted molar refractivity (Wildman–Crippen MR) is 126 cm³/mol. The van der Waals surface area contributed by atoms with E-state index >= 15 is 0 Å². The minimum Gasteiger partial charge on any atom is -0.425 e. The van der Waals surface area contributed by atoms with Crippen LogP contribution in [0.15, 0.2) is 65.9 Å². The van der Waals surface area contributed by atoms with Crippen molar-refractivity contribution in [2.75, 3.05) is 26.2 Å². The van der Waals surface area contributed by atoms with Gasteiger partial charge in [-0.25, -0.2) is 9.97 Å². The number of rotatable bonds is 7. The lowest BCUT2D eigenvalue weighted by molar-refractivity contribution is -0.129.